The molecule has 0 aromatic heterocycles. The Morgan fingerprint density at radius 3 is 2.44 bits per heavy atom. The monoisotopic (exact) mass is 272 g/mol. The highest BCUT2D eigenvalue weighted by Crippen LogP contribution is 2.28. The summed E-state index contributed by atoms with van der Waals surface area (Å²) >= 11 is 0. The third-order valence-electron chi connectivity index (χ3n) is 2.75. The molecule has 1 fully saturated rings. The Kier molecular flexibility index (Phi) is 6.34. The first-order valence-corrected chi connectivity index (χ1v) is 5.91. The van der Waals surface area contributed by atoms with E-state index < -0.39 is 24.8 Å². The van der Waals surface area contributed by atoms with Crippen molar-refractivity contribution in [3.8, 4) is 0 Å². The van der Waals surface area contributed by atoms with Crippen molar-refractivity contribution in [2.45, 2.75) is 43.8 Å². The molecule has 0 saturated heterocycles. The van der Waals surface area contributed by atoms with Crippen LogP contribution in [0, 0.1) is 0 Å². The fourth-order valence-electron chi connectivity index (χ4n) is 1.71. The molecule has 0 spiro atoms. The number of aliphatic hydroxyl groups excluding tert-OH is 1. The summed E-state index contributed by atoms with van der Waals surface area (Å²) in [7, 11) is 1.53. The molecule has 1 N–H and O–H groups in total. The Balaban J connectivity index is 2.10. The average molecular weight is 272 g/mol. The quantitative estimate of drug-likeness (QED) is 0.680. The summed E-state index contributed by atoms with van der Waals surface area (Å²) < 4.78 is 51.0. The van der Waals surface area contributed by atoms with Gasteiger partial charge in [-0.05, 0) is 6.42 Å². The lowest BCUT2D eigenvalue weighted by Gasteiger charge is -2.40. The van der Waals surface area contributed by atoms with E-state index in [1.165, 1.54) is 7.11 Å². The van der Waals surface area contributed by atoms with Crippen LogP contribution in [0.1, 0.15) is 19.3 Å². The van der Waals surface area contributed by atoms with Crippen LogP contribution in [0.2, 0.25) is 0 Å². The van der Waals surface area contributed by atoms with Gasteiger partial charge in [0.2, 0.25) is 0 Å². The molecule has 18 heavy (non-hydrogen) atoms. The van der Waals surface area contributed by atoms with Gasteiger partial charge in [-0.25, -0.2) is 0 Å². The third kappa shape index (κ3) is 5.51. The molecule has 1 aliphatic rings. The molecule has 7 heteroatoms. The van der Waals surface area contributed by atoms with Crippen LogP contribution in [0.4, 0.5) is 13.2 Å². The molecule has 1 saturated carbocycles. The third-order valence-corrected chi connectivity index (χ3v) is 2.75. The zero-order chi connectivity index (χ0) is 13.6. The molecule has 0 aromatic rings. The van der Waals surface area contributed by atoms with Crippen molar-refractivity contribution < 1.29 is 32.5 Å². The fraction of sp³-hybridized carbons (Fsp3) is 1.00. The normalized spacial score (nSPS) is 28.2. The van der Waals surface area contributed by atoms with E-state index in [0.29, 0.717) is 19.6 Å². The van der Waals surface area contributed by atoms with E-state index in [1.54, 1.807) is 0 Å². The van der Waals surface area contributed by atoms with Gasteiger partial charge in [0, 0.05) is 26.6 Å². The van der Waals surface area contributed by atoms with Crippen LogP contribution in [0.3, 0.4) is 0 Å². The Labute approximate surface area is 104 Å². The van der Waals surface area contributed by atoms with E-state index in [4.69, 9.17) is 14.2 Å². The molecular weight excluding hydrogens is 253 g/mol. The first-order chi connectivity index (χ1) is 8.44. The van der Waals surface area contributed by atoms with Gasteiger partial charge in [0.1, 0.15) is 6.10 Å². The van der Waals surface area contributed by atoms with Gasteiger partial charge in [0.25, 0.3) is 0 Å². The maximum Gasteiger partial charge on any atom is 0.389 e. The number of ether oxygens (including phenoxy) is 3. The van der Waals surface area contributed by atoms with E-state index in [-0.39, 0.29) is 19.1 Å². The van der Waals surface area contributed by atoms with Crippen molar-refractivity contribution in [2.24, 2.45) is 0 Å². The number of halogens is 3. The molecule has 3 unspecified atom stereocenters. The van der Waals surface area contributed by atoms with Gasteiger partial charge in [0.05, 0.1) is 25.4 Å². The topological polar surface area (TPSA) is 47.9 Å². The maximum absolute atomic E-state index is 11.9. The Bertz CT molecular complexity index is 235. The zero-order valence-electron chi connectivity index (χ0n) is 10.3. The Morgan fingerprint density at radius 2 is 1.89 bits per heavy atom. The largest absolute Gasteiger partial charge is 0.390 e. The number of aliphatic hydroxyl groups is 1. The lowest BCUT2D eigenvalue weighted by Crippen LogP contribution is -2.54. The van der Waals surface area contributed by atoms with Crippen LogP contribution in [0.5, 0.6) is 0 Å². The number of alkyl halides is 3. The fourth-order valence-corrected chi connectivity index (χ4v) is 1.71. The van der Waals surface area contributed by atoms with E-state index in [0.717, 1.165) is 0 Å². The molecule has 1 aliphatic carbocycles. The molecule has 1 rings (SSSR count). The van der Waals surface area contributed by atoms with Crippen molar-refractivity contribution in [1.82, 2.24) is 0 Å². The van der Waals surface area contributed by atoms with Crippen molar-refractivity contribution in [3.63, 3.8) is 0 Å². The Hall–Kier alpha value is -0.370. The molecule has 0 bridgehead atoms. The number of hydrogen-bond donors (Lipinski definition) is 1. The van der Waals surface area contributed by atoms with Crippen LogP contribution in [-0.4, -0.2) is 56.5 Å². The number of methoxy groups -OCH3 is 1. The molecule has 0 amide bonds. The second-order valence-corrected chi connectivity index (χ2v) is 4.26. The van der Waals surface area contributed by atoms with E-state index >= 15 is 0 Å². The molecule has 0 aromatic carbocycles. The summed E-state index contributed by atoms with van der Waals surface area (Å²) in [5, 5.41) is 9.44. The second kappa shape index (κ2) is 7.28. The summed E-state index contributed by atoms with van der Waals surface area (Å²) in [6, 6.07) is 0. The van der Waals surface area contributed by atoms with Crippen LogP contribution < -0.4 is 0 Å². The molecule has 3 atom stereocenters. The summed E-state index contributed by atoms with van der Waals surface area (Å²) in [5.74, 6) is 0. The van der Waals surface area contributed by atoms with E-state index in [1.807, 2.05) is 0 Å². The molecule has 0 heterocycles. The molecule has 0 radical (unpaired) electrons. The highest BCUT2D eigenvalue weighted by molar-refractivity contribution is 4.92. The van der Waals surface area contributed by atoms with Gasteiger partial charge >= 0.3 is 6.18 Å². The van der Waals surface area contributed by atoms with Crippen molar-refractivity contribution >= 4 is 0 Å². The minimum Gasteiger partial charge on any atom is -0.390 e. The molecule has 108 valence electrons. The highest BCUT2D eigenvalue weighted by Gasteiger charge is 2.41. The molecule has 4 nitrogen and oxygen atoms in total. The lowest BCUT2D eigenvalue weighted by molar-refractivity contribution is -0.198. The van der Waals surface area contributed by atoms with Gasteiger partial charge in [-0.2, -0.15) is 13.2 Å². The zero-order valence-corrected chi connectivity index (χ0v) is 10.3. The van der Waals surface area contributed by atoms with Crippen molar-refractivity contribution in [2.75, 3.05) is 26.9 Å². The van der Waals surface area contributed by atoms with Crippen molar-refractivity contribution in [1.29, 1.82) is 0 Å². The van der Waals surface area contributed by atoms with Crippen LogP contribution >= 0.6 is 0 Å². The lowest BCUT2D eigenvalue weighted by atomic mass is 9.88. The summed E-state index contributed by atoms with van der Waals surface area (Å²) in [5.41, 5.74) is 0. The number of rotatable bonds is 8. The standard InChI is InChI=1S/C11H19F3O4/c1-16-5-6-18-10-8(15)7-9(10)17-4-2-3-11(12,13)14/h8-10,15H,2-7H2,1H3. The van der Waals surface area contributed by atoms with Crippen molar-refractivity contribution in [3.05, 3.63) is 0 Å². The van der Waals surface area contributed by atoms with E-state index in [2.05, 4.69) is 0 Å². The average Bonchev–Trinajstić information content (AvgIpc) is 2.27. The minimum absolute atomic E-state index is 0.0288. The molecule has 0 aliphatic heterocycles. The first kappa shape index (κ1) is 15.7. The van der Waals surface area contributed by atoms with E-state index in [9.17, 15) is 18.3 Å². The minimum atomic E-state index is -4.14. The highest BCUT2D eigenvalue weighted by atomic mass is 19.4. The van der Waals surface area contributed by atoms with Gasteiger partial charge < -0.3 is 19.3 Å². The number of hydrogen-bond acceptors (Lipinski definition) is 4. The summed E-state index contributed by atoms with van der Waals surface area (Å²) in [4.78, 5) is 0. The van der Waals surface area contributed by atoms with Gasteiger partial charge in [-0.1, -0.05) is 0 Å². The first-order valence-electron chi connectivity index (χ1n) is 5.91. The predicted molar refractivity (Wildman–Crippen MR) is 57.3 cm³/mol. The van der Waals surface area contributed by atoms with Crippen LogP contribution in [0.25, 0.3) is 0 Å². The van der Waals surface area contributed by atoms with Gasteiger partial charge in [-0.3, -0.25) is 0 Å². The summed E-state index contributed by atoms with van der Waals surface area (Å²) in [6.07, 6.45) is -6.02. The van der Waals surface area contributed by atoms with Gasteiger partial charge in [0.15, 0.2) is 0 Å². The maximum atomic E-state index is 11.9. The smallest absolute Gasteiger partial charge is 0.389 e. The Morgan fingerprint density at radius 1 is 1.17 bits per heavy atom. The molecular formula is C11H19F3O4. The summed E-state index contributed by atoms with van der Waals surface area (Å²) in [6.45, 7) is 0.770. The second-order valence-electron chi connectivity index (χ2n) is 4.26. The predicted octanol–water partition coefficient (Wildman–Crippen LogP) is 1.51. The van der Waals surface area contributed by atoms with Crippen LogP contribution in [0.15, 0.2) is 0 Å². The van der Waals surface area contributed by atoms with Crippen LogP contribution in [-0.2, 0) is 14.2 Å². The van der Waals surface area contributed by atoms with Gasteiger partial charge in [-0.15, -0.1) is 0 Å². The SMILES string of the molecule is COCCOC1C(O)CC1OCCCC(F)(F)F.